The molecule has 2 N–H and O–H groups in total. The summed E-state index contributed by atoms with van der Waals surface area (Å²) < 4.78 is 17.0. The number of hydrogen-bond donors (Lipinski definition) is 1. The van der Waals surface area contributed by atoms with Crippen LogP contribution in [0.2, 0.25) is 0 Å². The minimum atomic E-state index is -0.127. The van der Waals surface area contributed by atoms with Crippen LogP contribution >= 0.6 is 11.8 Å². The van der Waals surface area contributed by atoms with Crippen LogP contribution in [0.3, 0.4) is 0 Å². The van der Waals surface area contributed by atoms with Crippen LogP contribution in [-0.4, -0.2) is 37.4 Å². The zero-order valence-electron chi connectivity index (χ0n) is 12.1. The van der Waals surface area contributed by atoms with E-state index in [1.54, 1.807) is 0 Å². The molecule has 0 radical (unpaired) electrons. The first-order chi connectivity index (χ1) is 9.76. The van der Waals surface area contributed by atoms with Crippen molar-refractivity contribution in [1.29, 1.82) is 0 Å². The normalized spacial score (nSPS) is 20.4. The Bertz CT molecular complexity index is 422. The summed E-state index contributed by atoms with van der Waals surface area (Å²) in [5, 5.41) is 0. The van der Waals surface area contributed by atoms with Crippen LogP contribution < -0.4 is 15.2 Å². The molecule has 0 aliphatic carbocycles. The van der Waals surface area contributed by atoms with Crippen molar-refractivity contribution >= 4 is 11.8 Å². The van der Waals surface area contributed by atoms with E-state index in [0.29, 0.717) is 13.2 Å². The SMILES string of the molecule is CCOc1ccc(C(N)C2CSCCO2)cc1OCC. The minimum Gasteiger partial charge on any atom is -0.490 e. The zero-order chi connectivity index (χ0) is 14.4. The quantitative estimate of drug-likeness (QED) is 0.874. The van der Waals surface area contributed by atoms with Gasteiger partial charge in [-0.25, -0.2) is 0 Å². The van der Waals surface area contributed by atoms with Gasteiger partial charge in [0.05, 0.1) is 32.0 Å². The summed E-state index contributed by atoms with van der Waals surface area (Å²) in [4.78, 5) is 0. The first kappa shape index (κ1) is 15.5. The molecule has 0 aromatic heterocycles. The first-order valence-electron chi connectivity index (χ1n) is 7.10. The van der Waals surface area contributed by atoms with Gasteiger partial charge in [0.1, 0.15) is 0 Å². The Morgan fingerprint density at radius 2 is 2.05 bits per heavy atom. The molecule has 0 saturated carbocycles. The van der Waals surface area contributed by atoms with E-state index >= 15 is 0 Å². The molecule has 2 unspecified atom stereocenters. The van der Waals surface area contributed by atoms with Crippen LogP contribution in [0.1, 0.15) is 25.5 Å². The third kappa shape index (κ3) is 3.81. The van der Waals surface area contributed by atoms with Crippen molar-refractivity contribution in [2.45, 2.75) is 26.0 Å². The van der Waals surface area contributed by atoms with E-state index in [9.17, 15) is 0 Å². The molecule has 1 aromatic rings. The van der Waals surface area contributed by atoms with Crippen LogP contribution in [0.5, 0.6) is 11.5 Å². The first-order valence-corrected chi connectivity index (χ1v) is 8.26. The molecule has 1 aliphatic rings. The molecule has 2 rings (SSSR count). The van der Waals surface area contributed by atoms with Gasteiger partial charge in [-0.05, 0) is 31.5 Å². The van der Waals surface area contributed by atoms with E-state index in [1.165, 1.54) is 0 Å². The van der Waals surface area contributed by atoms with Crippen LogP contribution in [-0.2, 0) is 4.74 Å². The molecule has 20 heavy (non-hydrogen) atoms. The van der Waals surface area contributed by atoms with E-state index in [-0.39, 0.29) is 12.1 Å². The summed E-state index contributed by atoms with van der Waals surface area (Å²) in [6.07, 6.45) is 0.0705. The summed E-state index contributed by atoms with van der Waals surface area (Å²) >= 11 is 1.89. The summed E-state index contributed by atoms with van der Waals surface area (Å²) in [5.41, 5.74) is 7.36. The van der Waals surface area contributed by atoms with E-state index in [1.807, 2.05) is 43.8 Å². The molecule has 4 nitrogen and oxygen atoms in total. The monoisotopic (exact) mass is 297 g/mol. The van der Waals surface area contributed by atoms with Crippen LogP contribution in [0.4, 0.5) is 0 Å². The van der Waals surface area contributed by atoms with Gasteiger partial charge < -0.3 is 19.9 Å². The summed E-state index contributed by atoms with van der Waals surface area (Å²) in [6.45, 7) is 5.92. The average Bonchev–Trinajstić information content (AvgIpc) is 2.50. The summed E-state index contributed by atoms with van der Waals surface area (Å²) in [5.74, 6) is 3.52. The number of rotatable bonds is 6. The zero-order valence-corrected chi connectivity index (χ0v) is 12.9. The van der Waals surface area contributed by atoms with Gasteiger partial charge in [0, 0.05) is 11.5 Å². The van der Waals surface area contributed by atoms with Crippen LogP contribution in [0.25, 0.3) is 0 Å². The van der Waals surface area contributed by atoms with Crippen molar-refractivity contribution < 1.29 is 14.2 Å². The lowest BCUT2D eigenvalue weighted by Gasteiger charge is -2.28. The fraction of sp³-hybridized carbons (Fsp3) is 0.600. The summed E-state index contributed by atoms with van der Waals surface area (Å²) in [7, 11) is 0. The highest BCUT2D eigenvalue weighted by Gasteiger charge is 2.24. The Morgan fingerprint density at radius 3 is 2.70 bits per heavy atom. The highest BCUT2D eigenvalue weighted by Crippen LogP contribution is 2.32. The highest BCUT2D eigenvalue weighted by molar-refractivity contribution is 7.99. The molecule has 1 fully saturated rings. The molecule has 5 heteroatoms. The van der Waals surface area contributed by atoms with Gasteiger partial charge in [-0.3, -0.25) is 0 Å². The molecule has 0 bridgehead atoms. The number of benzene rings is 1. The predicted molar refractivity (Wildman–Crippen MR) is 82.8 cm³/mol. The lowest BCUT2D eigenvalue weighted by molar-refractivity contribution is 0.0568. The molecular formula is C15H23NO3S. The second kappa shape index (κ2) is 7.76. The van der Waals surface area contributed by atoms with Gasteiger partial charge in [-0.1, -0.05) is 6.07 Å². The van der Waals surface area contributed by atoms with Crippen molar-refractivity contribution in [2.75, 3.05) is 31.3 Å². The standard InChI is InChI=1S/C15H23NO3S/c1-3-17-12-6-5-11(9-13(12)18-4-2)15(16)14-10-20-8-7-19-14/h5-6,9,14-15H,3-4,7-8,10,16H2,1-2H3. The molecule has 1 saturated heterocycles. The van der Waals surface area contributed by atoms with Gasteiger partial charge >= 0.3 is 0 Å². The van der Waals surface area contributed by atoms with E-state index < -0.39 is 0 Å². The topological polar surface area (TPSA) is 53.7 Å². The Labute approximate surface area is 125 Å². The molecule has 0 spiro atoms. The predicted octanol–water partition coefficient (Wildman–Crippen LogP) is 2.62. The second-order valence-electron chi connectivity index (χ2n) is 4.58. The number of hydrogen-bond acceptors (Lipinski definition) is 5. The van der Waals surface area contributed by atoms with Crippen molar-refractivity contribution in [1.82, 2.24) is 0 Å². The lowest BCUT2D eigenvalue weighted by atomic mass is 10.0. The average molecular weight is 297 g/mol. The Kier molecular flexibility index (Phi) is 6.01. The molecule has 2 atom stereocenters. The summed E-state index contributed by atoms with van der Waals surface area (Å²) in [6, 6.07) is 5.78. The van der Waals surface area contributed by atoms with Crippen molar-refractivity contribution in [3.05, 3.63) is 23.8 Å². The van der Waals surface area contributed by atoms with Crippen molar-refractivity contribution in [3.8, 4) is 11.5 Å². The van der Waals surface area contributed by atoms with Crippen LogP contribution in [0.15, 0.2) is 18.2 Å². The number of thioether (sulfide) groups is 1. The molecule has 1 heterocycles. The maximum absolute atomic E-state index is 6.32. The van der Waals surface area contributed by atoms with Gasteiger partial charge in [0.2, 0.25) is 0 Å². The third-order valence-electron chi connectivity index (χ3n) is 3.19. The fourth-order valence-electron chi connectivity index (χ4n) is 2.20. The van der Waals surface area contributed by atoms with Gasteiger partial charge in [0.15, 0.2) is 11.5 Å². The number of nitrogens with two attached hydrogens (primary N) is 1. The Balaban J connectivity index is 2.16. The molecule has 1 aromatic carbocycles. The minimum absolute atomic E-state index is 0.0705. The fourth-order valence-corrected chi connectivity index (χ4v) is 3.12. The van der Waals surface area contributed by atoms with Crippen LogP contribution in [0, 0.1) is 0 Å². The van der Waals surface area contributed by atoms with Crippen molar-refractivity contribution in [3.63, 3.8) is 0 Å². The van der Waals surface area contributed by atoms with Gasteiger partial charge in [-0.15, -0.1) is 0 Å². The molecule has 1 aliphatic heterocycles. The smallest absolute Gasteiger partial charge is 0.161 e. The Hall–Kier alpha value is -0.910. The third-order valence-corrected chi connectivity index (χ3v) is 4.21. The van der Waals surface area contributed by atoms with Gasteiger partial charge in [0.25, 0.3) is 0 Å². The van der Waals surface area contributed by atoms with E-state index in [0.717, 1.165) is 35.2 Å². The second-order valence-corrected chi connectivity index (χ2v) is 5.73. The number of ether oxygens (including phenoxy) is 3. The highest BCUT2D eigenvalue weighted by atomic mass is 32.2. The molecule has 0 amide bonds. The largest absolute Gasteiger partial charge is 0.490 e. The maximum atomic E-state index is 6.32. The van der Waals surface area contributed by atoms with E-state index in [2.05, 4.69) is 0 Å². The van der Waals surface area contributed by atoms with Gasteiger partial charge in [-0.2, -0.15) is 11.8 Å². The lowest BCUT2D eigenvalue weighted by Crippen LogP contribution is -2.34. The maximum Gasteiger partial charge on any atom is 0.161 e. The Morgan fingerprint density at radius 1 is 1.30 bits per heavy atom. The van der Waals surface area contributed by atoms with E-state index in [4.69, 9.17) is 19.9 Å². The molecular weight excluding hydrogens is 274 g/mol. The van der Waals surface area contributed by atoms with Crippen molar-refractivity contribution in [2.24, 2.45) is 5.73 Å². The molecule has 112 valence electrons.